The van der Waals surface area contributed by atoms with Gasteiger partial charge in [0.1, 0.15) is 5.75 Å². The number of esters is 1. The summed E-state index contributed by atoms with van der Waals surface area (Å²) >= 11 is 0. The van der Waals surface area contributed by atoms with Gasteiger partial charge in [0.2, 0.25) is 0 Å². The largest absolute Gasteiger partial charge is 0.496 e. The van der Waals surface area contributed by atoms with E-state index in [1.807, 2.05) is 25.1 Å². The number of carbonyl (C=O) groups is 1. The minimum Gasteiger partial charge on any atom is -0.496 e. The highest BCUT2D eigenvalue weighted by Gasteiger charge is 2.19. The maximum absolute atomic E-state index is 11.5. The van der Waals surface area contributed by atoms with Gasteiger partial charge >= 0.3 is 5.97 Å². The molecule has 0 atom stereocenters. The van der Waals surface area contributed by atoms with Gasteiger partial charge in [0.15, 0.2) is 0 Å². The lowest BCUT2D eigenvalue weighted by Gasteiger charge is -2.22. The van der Waals surface area contributed by atoms with Crippen LogP contribution in [0.2, 0.25) is 0 Å². The quantitative estimate of drug-likeness (QED) is 0.770. The van der Waals surface area contributed by atoms with E-state index in [1.54, 1.807) is 7.11 Å². The number of ether oxygens (including phenoxy) is 2. The predicted octanol–water partition coefficient (Wildman–Crippen LogP) is 3.10. The van der Waals surface area contributed by atoms with E-state index in [2.05, 4.69) is 20.8 Å². The molecule has 0 aliphatic heterocycles. The molecule has 1 aromatic rings. The van der Waals surface area contributed by atoms with Crippen molar-refractivity contribution in [2.24, 2.45) is 0 Å². The zero-order chi connectivity index (χ0) is 13.8. The molecule has 3 nitrogen and oxygen atoms in total. The highest BCUT2D eigenvalue weighted by atomic mass is 16.5. The summed E-state index contributed by atoms with van der Waals surface area (Å²) in [5.41, 5.74) is 2.04. The topological polar surface area (TPSA) is 35.5 Å². The third kappa shape index (κ3) is 3.76. The van der Waals surface area contributed by atoms with Gasteiger partial charge in [-0.05, 0) is 29.5 Å². The van der Waals surface area contributed by atoms with Gasteiger partial charge < -0.3 is 9.47 Å². The molecule has 0 heterocycles. The molecule has 0 N–H and O–H groups in total. The Kier molecular flexibility index (Phi) is 4.76. The van der Waals surface area contributed by atoms with Crippen LogP contribution in [0.3, 0.4) is 0 Å². The normalized spacial score (nSPS) is 11.2. The molecule has 0 radical (unpaired) electrons. The minimum atomic E-state index is -0.192. The average Bonchev–Trinajstić information content (AvgIpc) is 2.28. The summed E-state index contributed by atoms with van der Waals surface area (Å²) < 4.78 is 10.3. The van der Waals surface area contributed by atoms with Crippen LogP contribution >= 0.6 is 0 Å². The molecule has 18 heavy (non-hydrogen) atoms. The van der Waals surface area contributed by atoms with E-state index in [4.69, 9.17) is 9.47 Å². The summed E-state index contributed by atoms with van der Waals surface area (Å²) in [4.78, 5) is 11.5. The van der Waals surface area contributed by atoms with Gasteiger partial charge in [-0.1, -0.05) is 32.9 Å². The lowest BCUT2D eigenvalue weighted by atomic mass is 9.85. The third-order valence-corrected chi connectivity index (χ3v) is 2.73. The van der Waals surface area contributed by atoms with Crippen molar-refractivity contribution in [1.29, 1.82) is 0 Å². The van der Waals surface area contributed by atoms with Gasteiger partial charge in [0, 0.05) is 0 Å². The van der Waals surface area contributed by atoms with Crippen LogP contribution in [-0.2, 0) is 21.4 Å². The second kappa shape index (κ2) is 5.89. The van der Waals surface area contributed by atoms with Crippen molar-refractivity contribution in [3.8, 4) is 5.75 Å². The number of hydrogen-bond acceptors (Lipinski definition) is 3. The number of benzene rings is 1. The van der Waals surface area contributed by atoms with Crippen molar-refractivity contribution in [2.75, 3.05) is 13.7 Å². The van der Waals surface area contributed by atoms with Gasteiger partial charge in [-0.2, -0.15) is 0 Å². The predicted molar refractivity (Wildman–Crippen MR) is 72.0 cm³/mol. The molecular weight excluding hydrogens is 228 g/mol. The number of rotatable bonds is 4. The molecule has 0 bridgehead atoms. The number of carbonyl (C=O) groups excluding carboxylic acids is 1. The van der Waals surface area contributed by atoms with E-state index in [0.29, 0.717) is 13.0 Å². The van der Waals surface area contributed by atoms with Crippen LogP contribution in [0.4, 0.5) is 0 Å². The van der Waals surface area contributed by atoms with Gasteiger partial charge in [-0.25, -0.2) is 0 Å². The minimum absolute atomic E-state index is 0.0178. The monoisotopic (exact) mass is 250 g/mol. The summed E-state index contributed by atoms with van der Waals surface area (Å²) in [7, 11) is 1.66. The molecule has 1 rings (SSSR count). The third-order valence-electron chi connectivity index (χ3n) is 2.73. The molecule has 0 unspecified atom stereocenters. The fourth-order valence-electron chi connectivity index (χ4n) is 1.83. The van der Waals surface area contributed by atoms with Crippen molar-refractivity contribution < 1.29 is 14.3 Å². The van der Waals surface area contributed by atoms with Crippen LogP contribution in [0.5, 0.6) is 5.75 Å². The number of hydrogen-bond donors (Lipinski definition) is 0. The Morgan fingerprint density at radius 3 is 2.44 bits per heavy atom. The van der Waals surface area contributed by atoms with Gasteiger partial charge in [0.05, 0.1) is 20.1 Å². The molecule has 0 aliphatic carbocycles. The second-order valence-corrected chi connectivity index (χ2v) is 5.27. The fraction of sp³-hybridized carbons (Fsp3) is 0.533. The molecule has 3 heteroatoms. The van der Waals surface area contributed by atoms with Crippen molar-refractivity contribution in [3.05, 3.63) is 29.3 Å². The molecule has 0 fully saturated rings. The number of methoxy groups -OCH3 is 1. The van der Waals surface area contributed by atoms with E-state index < -0.39 is 0 Å². The molecule has 0 saturated carbocycles. The second-order valence-electron chi connectivity index (χ2n) is 5.27. The summed E-state index contributed by atoms with van der Waals surface area (Å²) in [6.45, 7) is 8.60. The Balaban J connectivity index is 3.00. The molecule has 0 saturated heterocycles. The van der Waals surface area contributed by atoms with E-state index in [1.165, 1.54) is 0 Å². The van der Waals surface area contributed by atoms with E-state index in [-0.39, 0.29) is 11.4 Å². The molecule has 0 aliphatic rings. The summed E-state index contributed by atoms with van der Waals surface area (Å²) in [6, 6.07) is 5.84. The maximum Gasteiger partial charge on any atom is 0.310 e. The lowest BCUT2D eigenvalue weighted by molar-refractivity contribution is -0.142. The molecule has 1 aromatic carbocycles. The van der Waals surface area contributed by atoms with Crippen LogP contribution in [0.25, 0.3) is 0 Å². The Hall–Kier alpha value is -1.51. The van der Waals surface area contributed by atoms with Crippen LogP contribution in [0.15, 0.2) is 18.2 Å². The van der Waals surface area contributed by atoms with Crippen LogP contribution in [-0.4, -0.2) is 19.7 Å². The van der Waals surface area contributed by atoms with Crippen molar-refractivity contribution in [3.63, 3.8) is 0 Å². The Morgan fingerprint density at radius 2 is 1.94 bits per heavy atom. The first-order chi connectivity index (χ1) is 8.38. The average molecular weight is 250 g/mol. The van der Waals surface area contributed by atoms with Crippen LogP contribution < -0.4 is 4.74 Å². The Morgan fingerprint density at radius 1 is 1.28 bits per heavy atom. The summed E-state index contributed by atoms with van der Waals surface area (Å²) in [6.07, 6.45) is 0.306. The smallest absolute Gasteiger partial charge is 0.310 e. The first-order valence-corrected chi connectivity index (χ1v) is 6.21. The van der Waals surface area contributed by atoms with E-state index in [0.717, 1.165) is 16.9 Å². The summed E-state index contributed by atoms with van der Waals surface area (Å²) in [5.74, 6) is 0.664. The fourth-order valence-corrected chi connectivity index (χ4v) is 1.83. The highest BCUT2D eigenvalue weighted by Crippen LogP contribution is 2.32. The van der Waals surface area contributed by atoms with Gasteiger partial charge in [-0.3, -0.25) is 4.79 Å². The van der Waals surface area contributed by atoms with Crippen molar-refractivity contribution in [1.82, 2.24) is 0 Å². The molecular formula is C15H22O3. The van der Waals surface area contributed by atoms with Crippen LogP contribution in [0.1, 0.15) is 38.8 Å². The van der Waals surface area contributed by atoms with Crippen molar-refractivity contribution in [2.45, 2.75) is 39.5 Å². The Bertz CT molecular complexity index is 416. The lowest BCUT2D eigenvalue weighted by Crippen LogP contribution is -2.14. The van der Waals surface area contributed by atoms with E-state index in [9.17, 15) is 4.79 Å². The maximum atomic E-state index is 11.5. The first kappa shape index (κ1) is 14.6. The molecule has 0 aromatic heterocycles. The summed E-state index contributed by atoms with van der Waals surface area (Å²) in [5, 5.41) is 0. The molecule has 100 valence electrons. The Labute approximate surface area is 109 Å². The van der Waals surface area contributed by atoms with Gasteiger partial charge in [-0.15, -0.1) is 0 Å². The zero-order valence-electron chi connectivity index (χ0n) is 11.9. The molecule has 0 spiro atoms. The molecule has 0 amide bonds. The van der Waals surface area contributed by atoms with Gasteiger partial charge in [0.25, 0.3) is 0 Å². The van der Waals surface area contributed by atoms with Crippen molar-refractivity contribution >= 4 is 5.97 Å². The SMILES string of the molecule is CCOC(=O)Cc1ccc(OC)c(C(C)(C)C)c1. The van der Waals surface area contributed by atoms with E-state index >= 15 is 0 Å². The first-order valence-electron chi connectivity index (χ1n) is 6.21. The van der Waals surface area contributed by atoms with Crippen LogP contribution in [0, 0.1) is 0 Å². The standard InChI is InChI=1S/C15H22O3/c1-6-18-14(16)10-11-7-8-13(17-5)12(9-11)15(2,3)4/h7-9H,6,10H2,1-5H3. The zero-order valence-corrected chi connectivity index (χ0v) is 11.9. The highest BCUT2D eigenvalue weighted by molar-refractivity contribution is 5.72.